The predicted octanol–water partition coefficient (Wildman–Crippen LogP) is 2.71. The van der Waals surface area contributed by atoms with Crippen molar-refractivity contribution in [2.45, 2.75) is 46.3 Å². The summed E-state index contributed by atoms with van der Waals surface area (Å²) in [5, 5.41) is 8.06. The summed E-state index contributed by atoms with van der Waals surface area (Å²) < 4.78 is 2.07. The Morgan fingerprint density at radius 1 is 1.32 bits per heavy atom. The lowest BCUT2D eigenvalue weighted by Crippen LogP contribution is -2.21. The summed E-state index contributed by atoms with van der Waals surface area (Å²) in [4.78, 5) is 4.37. The molecule has 0 aromatic carbocycles. The van der Waals surface area contributed by atoms with Gasteiger partial charge in [0.15, 0.2) is 0 Å². The molecule has 102 valence electrons. The van der Waals surface area contributed by atoms with Gasteiger partial charge in [0.25, 0.3) is 0 Å². The minimum absolute atomic E-state index is 0.242. The first-order chi connectivity index (χ1) is 9.24. The van der Waals surface area contributed by atoms with E-state index in [2.05, 4.69) is 46.9 Å². The molecule has 1 atom stereocenters. The highest BCUT2D eigenvalue weighted by atomic mass is 15.3. The molecule has 0 fully saturated rings. The van der Waals surface area contributed by atoms with E-state index in [0.29, 0.717) is 0 Å². The lowest BCUT2D eigenvalue weighted by molar-refractivity contribution is 0.523. The average molecular weight is 258 g/mol. The molecule has 0 amide bonds. The van der Waals surface area contributed by atoms with Gasteiger partial charge in [-0.3, -0.25) is 9.67 Å². The standard InChI is InChI=1S/C15H22N4/c1-4-13-10-14(19(5-2)18-13)11-17-12(3)15-8-6-7-9-16-15/h6-10,12,17H,4-5,11H2,1-3H3/t12-/m0/s1. The number of nitrogens with one attached hydrogen (secondary N) is 1. The molecular weight excluding hydrogens is 236 g/mol. The Morgan fingerprint density at radius 3 is 2.79 bits per heavy atom. The molecule has 4 heteroatoms. The fourth-order valence-corrected chi connectivity index (χ4v) is 2.10. The van der Waals surface area contributed by atoms with E-state index < -0.39 is 0 Å². The largest absolute Gasteiger partial charge is 0.303 e. The van der Waals surface area contributed by atoms with Crippen LogP contribution in [0.2, 0.25) is 0 Å². The molecule has 0 radical (unpaired) electrons. The molecule has 0 bridgehead atoms. The summed E-state index contributed by atoms with van der Waals surface area (Å²) in [5.41, 5.74) is 3.46. The van der Waals surface area contributed by atoms with Gasteiger partial charge in [-0.1, -0.05) is 13.0 Å². The van der Waals surface area contributed by atoms with Crippen LogP contribution in [0.5, 0.6) is 0 Å². The molecule has 4 nitrogen and oxygen atoms in total. The third kappa shape index (κ3) is 3.41. The van der Waals surface area contributed by atoms with Crippen LogP contribution in [0, 0.1) is 0 Å². The zero-order chi connectivity index (χ0) is 13.7. The van der Waals surface area contributed by atoms with E-state index in [1.54, 1.807) is 0 Å². The normalized spacial score (nSPS) is 12.6. The second-order valence-electron chi connectivity index (χ2n) is 4.65. The van der Waals surface area contributed by atoms with Crippen LogP contribution in [-0.2, 0) is 19.5 Å². The van der Waals surface area contributed by atoms with Gasteiger partial charge in [-0.2, -0.15) is 5.10 Å². The van der Waals surface area contributed by atoms with Gasteiger partial charge in [-0.25, -0.2) is 0 Å². The minimum atomic E-state index is 0.242. The predicted molar refractivity (Wildman–Crippen MR) is 76.8 cm³/mol. The third-order valence-corrected chi connectivity index (χ3v) is 3.30. The van der Waals surface area contributed by atoms with Crippen molar-refractivity contribution in [3.05, 3.63) is 47.5 Å². The monoisotopic (exact) mass is 258 g/mol. The molecule has 2 rings (SSSR count). The van der Waals surface area contributed by atoms with Gasteiger partial charge in [0.1, 0.15) is 0 Å². The Bertz CT molecular complexity index is 504. The number of nitrogens with zero attached hydrogens (tertiary/aromatic N) is 3. The zero-order valence-electron chi connectivity index (χ0n) is 11.9. The Balaban J connectivity index is 2.00. The van der Waals surface area contributed by atoms with Crippen molar-refractivity contribution in [3.8, 4) is 0 Å². The van der Waals surface area contributed by atoms with Crippen LogP contribution in [0.3, 0.4) is 0 Å². The molecule has 0 aliphatic heterocycles. The van der Waals surface area contributed by atoms with Gasteiger partial charge in [0, 0.05) is 25.3 Å². The average Bonchev–Trinajstić information content (AvgIpc) is 2.88. The number of aryl methyl sites for hydroxylation is 2. The summed E-state index contributed by atoms with van der Waals surface area (Å²) in [6, 6.07) is 8.43. The quantitative estimate of drug-likeness (QED) is 0.866. The van der Waals surface area contributed by atoms with E-state index in [0.717, 1.165) is 30.9 Å². The molecule has 0 unspecified atom stereocenters. The fraction of sp³-hybridized carbons (Fsp3) is 0.467. The number of aromatic nitrogens is 3. The summed E-state index contributed by atoms with van der Waals surface area (Å²) in [6.07, 6.45) is 2.81. The Hall–Kier alpha value is -1.68. The maximum absolute atomic E-state index is 4.56. The zero-order valence-corrected chi connectivity index (χ0v) is 11.9. The van der Waals surface area contributed by atoms with Crippen LogP contribution in [0.15, 0.2) is 30.5 Å². The third-order valence-electron chi connectivity index (χ3n) is 3.30. The molecule has 0 saturated heterocycles. The molecule has 2 aromatic rings. The number of hydrogen-bond donors (Lipinski definition) is 1. The van der Waals surface area contributed by atoms with Crippen LogP contribution in [0.4, 0.5) is 0 Å². The lowest BCUT2D eigenvalue weighted by Gasteiger charge is -2.13. The summed E-state index contributed by atoms with van der Waals surface area (Å²) in [5.74, 6) is 0. The van der Waals surface area contributed by atoms with Gasteiger partial charge in [-0.15, -0.1) is 0 Å². The van der Waals surface area contributed by atoms with E-state index in [1.165, 1.54) is 5.69 Å². The Kier molecular flexibility index (Phi) is 4.68. The van der Waals surface area contributed by atoms with Crippen LogP contribution in [0.25, 0.3) is 0 Å². The first kappa shape index (κ1) is 13.7. The first-order valence-electron chi connectivity index (χ1n) is 6.94. The molecule has 19 heavy (non-hydrogen) atoms. The maximum atomic E-state index is 4.56. The highest BCUT2D eigenvalue weighted by Crippen LogP contribution is 2.11. The summed E-state index contributed by atoms with van der Waals surface area (Å²) in [7, 11) is 0. The van der Waals surface area contributed by atoms with Crippen LogP contribution in [-0.4, -0.2) is 14.8 Å². The van der Waals surface area contributed by atoms with Crippen molar-refractivity contribution in [2.24, 2.45) is 0 Å². The second-order valence-corrected chi connectivity index (χ2v) is 4.65. The summed E-state index contributed by atoms with van der Waals surface area (Å²) >= 11 is 0. The van der Waals surface area contributed by atoms with Gasteiger partial charge < -0.3 is 5.32 Å². The molecular formula is C15H22N4. The van der Waals surface area contributed by atoms with E-state index >= 15 is 0 Å². The maximum Gasteiger partial charge on any atom is 0.0625 e. The van der Waals surface area contributed by atoms with E-state index in [4.69, 9.17) is 0 Å². The Morgan fingerprint density at radius 2 is 2.16 bits per heavy atom. The van der Waals surface area contributed by atoms with Crippen molar-refractivity contribution in [2.75, 3.05) is 0 Å². The number of hydrogen-bond acceptors (Lipinski definition) is 3. The highest BCUT2D eigenvalue weighted by Gasteiger charge is 2.09. The van der Waals surface area contributed by atoms with Crippen molar-refractivity contribution in [1.29, 1.82) is 0 Å². The minimum Gasteiger partial charge on any atom is -0.303 e. The molecule has 2 heterocycles. The van der Waals surface area contributed by atoms with Crippen LogP contribution in [0.1, 0.15) is 43.9 Å². The number of pyridine rings is 1. The molecule has 0 aliphatic rings. The molecule has 1 N–H and O–H groups in total. The molecule has 0 saturated carbocycles. The van der Waals surface area contributed by atoms with Crippen molar-refractivity contribution in [3.63, 3.8) is 0 Å². The van der Waals surface area contributed by atoms with Gasteiger partial charge in [0.05, 0.1) is 17.1 Å². The van der Waals surface area contributed by atoms with E-state index in [1.807, 2.05) is 24.4 Å². The van der Waals surface area contributed by atoms with E-state index in [9.17, 15) is 0 Å². The van der Waals surface area contributed by atoms with Gasteiger partial charge >= 0.3 is 0 Å². The van der Waals surface area contributed by atoms with Gasteiger partial charge in [0.2, 0.25) is 0 Å². The smallest absolute Gasteiger partial charge is 0.0625 e. The first-order valence-corrected chi connectivity index (χ1v) is 6.94. The van der Waals surface area contributed by atoms with Crippen molar-refractivity contribution in [1.82, 2.24) is 20.1 Å². The van der Waals surface area contributed by atoms with Crippen LogP contribution < -0.4 is 5.32 Å². The van der Waals surface area contributed by atoms with Gasteiger partial charge in [-0.05, 0) is 38.5 Å². The SMILES string of the molecule is CCc1cc(CN[C@@H](C)c2ccccn2)n(CC)n1. The topological polar surface area (TPSA) is 42.7 Å². The van der Waals surface area contributed by atoms with Crippen molar-refractivity contribution >= 4 is 0 Å². The highest BCUT2D eigenvalue weighted by molar-refractivity contribution is 5.12. The fourth-order valence-electron chi connectivity index (χ4n) is 2.10. The van der Waals surface area contributed by atoms with Crippen LogP contribution >= 0.6 is 0 Å². The lowest BCUT2D eigenvalue weighted by atomic mass is 10.2. The number of rotatable bonds is 6. The van der Waals surface area contributed by atoms with E-state index in [-0.39, 0.29) is 6.04 Å². The Labute approximate surface area is 114 Å². The molecule has 0 aliphatic carbocycles. The molecule has 0 spiro atoms. The van der Waals surface area contributed by atoms with Crippen molar-refractivity contribution < 1.29 is 0 Å². The molecule has 2 aromatic heterocycles. The summed E-state index contributed by atoms with van der Waals surface area (Å²) in [6.45, 7) is 8.12. The second kappa shape index (κ2) is 6.48.